The number of carbonyl (C=O) groups excluding carboxylic acids is 1. The molecule has 2 aromatic heterocycles. The maximum atomic E-state index is 12.1. The highest BCUT2D eigenvalue weighted by atomic mass is 35.5. The van der Waals surface area contributed by atoms with E-state index in [4.69, 9.17) is 11.6 Å². The molecule has 0 bridgehead atoms. The molecule has 0 spiro atoms. The zero-order valence-electron chi connectivity index (χ0n) is 12.0. The molecular formula is C14H11ClN6OS. The van der Waals surface area contributed by atoms with Crippen LogP contribution >= 0.6 is 22.9 Å². The lowest BCUT2D eigenvalue weighted by atomic mass is 10.2. The highest BCUT2D eigenvalue weighted by Gasteiger charge is 2.07. The number of hydrogen-bond acceptors (Lipinski definition) is 6. The van der Waals surface area contributed by atoms with Crippen molar-refractivity contribution in [3.8, 4) is 5.69 Å². The number of halogens is 1. The second-order valence-electron chi connectivity index (χ2n) is 4.54. The molecule has 2 heterocycles. The van der Waals surface area contributed by atoms with Crippen LogP contribution in [0.1, 0.15) is 22.2 Å². The molecule has 1 amide bonds. The van der Waals surface area contributed by atoms with E-state index in [1.807, 2.05) is 13.0 Å². The van der Waals surface area contributed by atoms with E-state index in [-0.39, 0.29) is 5.91 Å². The third-order valence-electron chi connectivity index (χ3n) is 3.00. The molecule has 3 rings (SSSR count). The lowest BCUT2D eigenvalue weighted by Gasteiger charge is -2.03. The lowest BCUT2D eigenvalue weighted by molar-refractivity contribution is 0.0955. The number of thiophene rings is 1. The second kappa shape index (κ2) is 6.67. The summed E-state index contributed by atoms with van der Waals surface area (Å²) in [7, 11) is 0. The minimum atomic E-state index is -0.296. The average Bonchev–Trinajstić information content (AvgIpc) is 3.24. The summed E-state index contributed by atoms with van der Waals surface area (Å²) >= 11 is 7.29. The zero-order valence-corrected chi connectivity index (χ0v) is 13.5. The van der Waals surface area contributed by atoms with E-state index in [1.54, 1.807) is 30.3 Å². The van der Waals surface area contributed by atoms with Crippen LogP contribution in [0.2, 0.25) is 4.34 Å². The van der Waals surface area contributed by atoms with Gasteiger partial charge in [0.05, 0.1) is 20.6 Å². The fourth-order valence-corrected chi connectivity index (χ4v) is 2.80. The monoisotopic (exact) mass is 346 g/mol. The lowest BCUT2D eigenvalue weighted by Crippen LogP contribution is -2.19. The molecule has 1 N–H and O–H groups in total. The van der Waals surface area contributed by atoms with Gasteiger partial charge in [-0.15, -0.1) is 16.4 Å². The number of aromatic nitrogens is 4. The maximum absolute atomic E-state index is 12.1. The Balaban J connectivity index is 1.68. The summed E-state index contributed by atoms with van der Waals surface area (Å²) < 4.78 is 2.18. The normalized spacial score (nSPS) is 11.5. The van der Waals surface area contributed by atoms with Crippen molar-refractivity contribution in [3.63, 3.8) is 0 Å². The van der Waals surface area contributed by atoms with Gasteiger partial charge in [0.25, 0.3) is 5.91 Å². The number of carbonyl (C=O) groups is 1. The van der Waals surface area contributed by atoms with E-state index in [1.165, 1.54) is 22.3 Å². The summed E-state index contributed by atoms with van der Waals surface area (Å²) in [4.78, 5) is 13.0. The van der Waals surface area contributed by atoms with E-state index >= 15 is 0 Å². The smallest absolute Gasteiger partial charge is 0.267 e. The van der Waals surface area contributed by atoms with E-state index < -0.39 is 0 Å². The molecule has 0 aliphatic rings. The van der Waals surface area contributed by atoms with Crippen LogP contribution in [0.5, 0.6) is 0 Å². The van der Waals surface area contributed by atoms with Gasteiger partial charge in [-0.1, -0.05) is 11.6 Å². The Hall–Kier alpha value is -2.58. The number of hydrogen-bond donors (Lipinski definition) is 1. The average molecular weight is 347 g/mol. The molecule has 0 atom stereocenters. The molecule has 116 valence electrons. The van der Waals surface area contributed by atoms with Crippen molar-refractivity contribution in [3.05, 3.63) is 57.5 Å². The first-order valence-electron chi connectivity index (χ1n) is 6.57. The first-order chi connectivity index (χ1) is 11.1. The van der Waals surface area contributed by atoms with E-state index in [0.717, 1.165) is 10.6 Å². The molecule has 9 heteroatoms. The minimum absolute atomic E-state index is 0.296. The van der Waals surface area contributed by atoms with Gasteiger partial charge in [0.2, 0.25) is 0 Å². The number of amides is 1. The Kier molecular flexibility index (Phi) is 4.45. The van der Waals surface area contributed by atoms with Crippen molar-refractivity contribution in [2.75, 3.05) is 0 Å². The third kappa shape index (κ3) is 3.61. The van der Waals surface area contributed by atoms with Crippen LogP contribution < -0.4 is 5.43 Å². The number of tetrazole rings is 1. The summed E-state index contributed by atoms with van der Waals surface area (Å²) in [5.41, 5.74) is 4.47. The molecule has 23 heavy (non-hydrogen) atoms. The molecule has 0 unspecified atom stereocenters. The Labute approximate surface area is 140 Å². The van der Waals surface area contributed by atoms with Crippen molar-refractivity contribution in [2.24, 2.45) is 5.10 Å². The van der Waals surface area contributed by atoms with Gasteiger partial charge in [0.1, 0.15) is 6.33 Å². The first-order valence-corrected chi connectivity index (χ1v) is 7.77. The molecular weight excluding hydrogens is 336 g/mol. The van der Waals surface area contributed by atoms with E-state index in [0.29, 0.717) is 15.6 Å². The number of benzene rings is 1. The van der Waals surface area contributed by atoms with Gasteiger partial charge in [-0.25, -0.2) is 10.1 Å². The van der Waals surface area contributed by atoms with Crippen molar-refractivity contribution < 1.29 is 4.79 Å². The highest BCUT2D eigenvalue weighted by Crippen LogP contribution is 2.21. The predicted molar refractivity (Wildman–Crippen MR) is 88.2 cm³/mol. The van der Waals surface area contributed by atoms with Crippen molar-refractivity contribution in [2.45, 2.75) is 6.92 Å². The largest absolute Gasteiger partial charge is 0.271 e. The van der Waals surface area contributed by atoms with Gasteiger partial charge in [0.15, 0.2) is 0 Å². The summed E-state index contributed by atoms with van der Waals surface area (Å²) in [6, 6.07) is 10.5. The van der Waals surface area contributed by atoms with Crippen LogP contribution in [0.25, 0.3) is 5.69 Å². The van der Waals surface area contributed by atoms with Crippen LogP contribution in [0, 0.1) is 0 Å². The van der Waals surface area contributed by atoms with Gasteiger partial charge in [-0.3, -0.25) is 4.79 Å². The van der Waals surface area contributed by atoms with Crippen LogP contribution in [0.3, 0.4) is 0 Å². The molecule has 0 aliphatic carbocycles. The fraction of sp³-hybridized carbons (Fsp3) is 0.0714. The van der Waals surface area contributed by atoms with Crippen molar-refractivity contribution in [1.29, 1.82) is 0 Å². The van der Waals surface area contributed by atoms with Crippen molar-refractivity contribution in [1.82, 2.24) is 25.6 Å². The number of hydrazone groups is 1. The topological polar surface area (TPSA) is 85.1 Å². The zero-order chi connectivity index (χ0) is 16.2. The molecule has 1 aromatic carbocycles. The highest BCUT2D eigenvalue weighted by molar-refractivity contribution is 7.18. The Morgan fingerprint density at radius 3 is 2.65 bits per heavy atom. The second-order valence-corrected chi connectivity index (χ2v) is 6.26. The van der Waals surface area contributed by atoms with Gasteiger partial charge >= 0.3 is 0 Å². The fourth-order valence-electron chi connectivity index (χ4n) is 1.81. The van der Waals surface area contributed by atoms with Gasteiger partial charge < -0.3 is 0 Å². The summed E-state index contributed by atoms with van der Waals surface area (Å²) in [6.07, 6.45) is 1.48. The van der Waals surface area contributed by atoms with E-state index in [2.05, 4.69) is 26.1 Å². The van der Waals surface area contributed by atoms with Crippen LogP contribution in [-0.2, 0) is 0 Å². The number of nitrogens with one attached hydrogen (secondary N) is 1. The predicted octanol–water partition coefficient (Wildman–Crippen LogP) is 2.53. The molecule has 0 aliphatic heterocycles. The standard InChI is InChI=1S/C14H11ClN6OS/c1-9(12-6-7-13(15)23-12)17-18-14(22)10-2-4-11(5-3-10)21-8-16-19-20-21/h2-8H,1H3,(H,18,22). The molecule has 3 aromatic rings. The van der Waals surface area contributed by atoms with Crippen LogP contribution in [-0.4, -0.2) is 31.8 Å². The van der Waals surface area contributed by atoms with Gasteiger partial charge in [-0.2, -0.15) is 5.10 Å². The van der Waals surface area contributed by atoms with Gasteiger partial charge in [-0.05, 0) is 53.7 Å². The third-order valence-corrected chi connectivity index (χ3v) is 4.34. The van der Waals surface area contributed by atoms with Gasteiger partial charge in [0, 0.05) is 5.56 Å². The Morgan fingerprint density at radius 2 is 2.04 bits per heavy atom. The molecule has 0 saturated carbocycles. The molecule has 0 saturated heterocycles. The van der Waals surface area contributed by atoms with Crippen LogP contribution in [0.15, 0.2) is 47.8 Å². The molecule has 7 nitrogen and oxygen atoms in total. The first kappa shape index (κ1) is 15.3. The quantitative estimate of drug-likeness (QED) is 0.581. The molecule has 0 fully saturated rings. The Bertz CT molecular complexity index is 841. The minimum Gasteiger partial charge on any atom is -0.267 e. The summed E-state index contributed by atoms with van der Waals surface area (Å²) in [6.45, 7) is 1.81. The van der Waals surface area contributed by atoms with E-state index in [9.17, 15) is 4.79 Å². The summed E-state index contributed by atoms with van der Waals surface area (Å²) in [5, 5.41) is 15.0. The van der Waals surface area contributed by atoms with Crippen LogP contribution in [0.4, 0.5) is 0 Å². The number of nitrogens with zero attached hydrogens (tertiary/aromatic N) is 5. The SMILES string of the molecule is CC(=NNC(=O)c1ccc(-n2cnnn2)cc1)c1ccc(Cl)s1. The molecule has 0 radical (unpaired) electrons. The number of rotatable bonds is 4. The maximum Gasteiger partial charge on any atom is 0.271 e. The summed E-state index contributed by atoms with van der Waals surface area (Å²) in [5.74, 6) is -0.296. The Morgan fingerprint density at radius 1 is 1.26 bits per heavy atom. The van der Waals surface area contributed by atoms with Crippen molar-refractivity contribution >= 4 is 34.6 Å².